The van der Waals surface area contributed by atoms with Crippen molar-refractivity contribution in [3.63, 3.8) is 0 Å². The molecular weight excluding hydrogens is 263 g/mol. The van der Waals surface area contributed by atoms with E-state index in [1.54, 1.807) is 36.5 Å². The molecule has 1 unspecified atom stereocenters. The second-order valence-corrected chi connectivity index (χ2v) is 5.43. The van der Waals surface area contributed by atoms with Crippen LogP contribution in [0, 0.1) is 5.82 Å². The zero-order valence-electron chi connectivity index (χ0n) is 10.5. The van der Waals surface area contributed by atoms with E-state index in [2.05, 4.69) is 5.32 Å². The highest BCUT2D eigenvalue weighted by Gasteiger charge is 2.35. The lowest BCUT2D eigenvalue weighted by molar-refractivity contribution is -0.124. The van der Waals surface area contributed by atoms with Gasteiger partial charge in [-0.3, -0.25) is 10.1 Å². The highest BCUT2D eigenvalue weighted by Crippen LogP contribution is 2.24. The molecule has 0 fully saturated rings. The molecular formula is C14H15FN2OS. The maximum Gasteiger partial charge on any atom is 0.242 e. The molecule has 0 saturated carbocycles. The molecule has 0 spiro atoms. The normalized spacial score (nSPS) is 14.0. The molecule has 0 aliphatic rings. The number of amides is 1. The number of hydrogen-bond acceptors (Lipinski definition) is 3. The summed E-state index contributed by atoms with van der Waals surface area (Å²) in [5.74, 6) is -1.04. The van der Waals surface area contributed by atoms with E-state index in [0.29, 0.717) is 6.54 Å². The molecule has 0 aliphatic heterocycles. The smallest absolute Gasteiger partial charge is 0.242 e. The average Bonchev–Trinajstić information content (AvgIpc) is 2.89. The SMILES string of the molecule is CC(NCc1cccs1)(C(N)=O)c1ccccc1F. The van der Waals surface area contributed by atoms with Crippen LogP contribution in [-0.2, 0) is 16.9 Å². The van der Waals surface area contributed by atoms with Crippen LogP contribution in [0.25, 0.3) is 0 Å². The van der Waals surface area contributed by atoms with Gasteiger partial charge in [-0.15, -0.1) is 11.3 Å². The molecule has 0 aliphatic carbocycles. The number of benzene rings is 1. The number of thiophene rings is 1. The Morgan fingerprint density at radius 2 is 2.11 bits per heavy atom. The molecule has 2 aromatic rings. The van der Waals surface area contributed by atoms with Crippen molar-refractivity contribution in [2.24, 2.45) is 5.73 Å². The number of rotatable bonds is 5. The number of nitrogens with one attached hydrogen (secondary N) is 1. The molecule has 0 saturated heterocycles. The van der Waals surface area contributed by atoms with Gasteiger partial charge in [-0.2, -0.15) is 0 Å². The Morgan fingerprint density at radius 3 is 2.68 bits per heavy atom. The van der Waals surface area contributed by atoms with Crippen molar-refractivity contribution in [2.75, 3.05) is 0 Å². The highest BCUT2D eigenvalue weighted by atomic mass is 32.1. The zero-order valence-corrected chi connectivity index (χ0v) is 11.3. The standard InChI is InChI=1S/C14H15FN2OS/c1-14(13(16)18,11-6-2-3-7-12(11)15)17-9-10-5-4-8-19-10/h2-8,17H,9H2,1H3,(H2,16,18). The summed E-state index contributed by atoms with van der Waals surface area (Å²) in [5, 5.41) is 5.00. The van der Waals surface area contributed by atoms with Gasteiger partial charge >= 0.3 is 0 Å². The van der Waals surface area contributed by atoms with E-state index >= 15 is 0 Å². The van der Waals surface area contributed by atoms with Crippen molar-refractivity contribution < 1.29 is 9.18 Å². The Kier molecular flexibility index (Phi) is 3.97. The van der Waals surface area contributed by atoms with E-state index in [4.69, 9.17) is 5.73 Å². The molecule has 1 aromatic heterocycles. The Balaban J connectivity index is 2.28. The van der Waals surface area contributed by atoms with E-state index in [0.717, 1.165) is 4.88 Å². The van der Waals surface area contributed by atoms with Gasteiger partial charge in [-0.05, 0) is 24.4 Å². The molecule has 3 N–H and O–H groups in total. The van der Waals surface area contributed by atoms with Crippen molar-refractivity contribution in [3.8, 4) is 0 Å². The van der Waals surface area contributed by atoms with Crippen LogP contribution in [0.1, 0.15) is 17.4 Å². The van der Waals surface area contributed by atoms with E-state index < -0.39 is 17.3 Å². The molecule has 1 heterocycles. The largest absolute Gasteiger partial charge is 0.368 e. The van der Waals surface area contributed by atoms with E-state index in [9.17, 15) is 9.18 Å². The van der Waals surface area contributed by atoms with Gasteiger partial charge < -0.3 is 5.73 Å². The van der Waals surface area contributed by atoms with Crippen molar-refractivity contribution in [1.82, 2.24) is 5.32 Å². The van der Waals surface area contributed by atoms with E-state index in [1.807, 2.05) is 17.5 Å². The lowest BCUT2D eigenvalue weighted by atomic mass is 9.90. The fourth-order valence-electron chi connectivity index (χ4n) is 1.86. The second-order valence-electron chi connectivity index (χ2n) is 4.40. The van der Waals surface area contributed by atoms with Crippen LogP contribution in [0.3, 0.4) is 0 Å². The number of primary amides is 1. The van der Waals surface area contributed by atoms with Gasteiger partial charge in [0.2, 0.25) is 5.91 Å². The lowest BCUT2D eigenvalue weighted by Gasteiger charge is -2.28. The van der Waals surface area contributed by atoms with Crippen LogP contribution in [0.5, 0.6) is 0 Å². The molecule has 5 heteroatoms. The second kappa shape index (κ2) is 5.50. The molecule has 0 radical (unpaired) electrons. The first kappa shape index (κ1) is 13.7. The Labute approximate surface area is 115 Å². The first-order valence-corrected chi connectivity index (χ1v) is 6.74. The third-order valence-electron chi connectivity index (χ3n) is 3.10. The molecule has 1 atom stereocenters. The minimum atomic E-state index is -1.23. The summed E-state index contributed by atoms with van der Waals surface area (Å²) >= 11 is 1.57. The number of hydrogen-bond donors (Lipinski definition) is 2. The Morgan fingerprint density at radius 1 is 1.37 bits per heavy atom. The maximum absolute atomic E-state index is 13.9. The van der Waals surface area contributed by atoms with Crippen LogP contribution in [0.2, 0.25) is 0 Å². The molecule has 2 rings (SSSR count). The first-order chi connectivity index (χ1) is 9.04. The van der Waals surface area contributed by atoms with Crippen LogP contribution in [0.4, 0.5) is 4.39 Å². The van der Waals surface area contributed by atoms with E-state index in [-0.39, 0.29) is 5.56 Å². The number of carbonyl (C=O) groups excluding carboxylic acids is 1. The molecule has 1 aromatic carbocycles. The van der Waals surface area contributed by atoms with Gasteiger partial charge in [0, 0.05) is 17.0 Å². The van der Waals surface area contributed by atoms with Gasteiger partial charge in [0.25, 0.3) is 0 Å². The molecule has 19 heavy (non-hydrogen) atoms. The van der Waals surface area contributed by atoms with Gasteiger partial charge in [0.05, 0.1) is 0 Å². The van der Waals surface area contributed by atoms with Crippen LogP contribution >= 0.6 is 11.3 Å². The number of nitrogens with two attached hydrogens (primary N) is 1. The summed E-state index contributed by atoms with van der Waals surface area (Å²) in [6.45, 7) is 2.06. The summed E-state index contributed by atoms with van der Waals surface area (Å²) in [7, 11) is 0. The molecule has 0 bridgehead atoms. The summed E-state index contributed by atoms with van der Waals surface area (Å²) in [5.41, 5.74) is 4.48. The highest BCUT2D eigenvalue weighted by molar-refractivity contribution is 7.09. The fourth-order valence-corrected chi connectivity index (χ4v) is 2.50. The first-order valence-electron chi connectivity index (χ1n) is 5.86. The third-order valence-corrected chi connectivity index (χ3v) is 3.98. The van der Waals surface area contributed by atoms with Crippen molar-refractivity contribution >= 4 is 17.2 Å². The Hall–Kier alpha value is -1.72. The van der Waals surface area contributed by atoms with Crippen LogP contribution < -0.4 is 11.1 Å². The summed E-state index contributed by atoms with van der Waals surface area (Å²) in [6.07, 6.45) is 0. The minimum Gasteiger partial charge on any atom is -0.368 e. The molecule has 1 amide bonds. The summed E-state index contributed by atoms with van der Waals surface area (Å²) in [4.78, 5) is 12.8. The Bertz CT molecular complexity index is 571. The van der Waals surface area contributed by atoms with Gasteiger partial charge in [0.15, 0.2) is 0 Å². The minimum absolute atomic E-state index is 0.263. The number of halogens is 1. The van der Waals surface area contributed by atoms with Crippen molar-refractivity contribution in [3.05, 3.63) is 58.0 Å². The van der Waals surface area contributed by atoms with Gasteiger partial charge in [-0.25, -0.2) is 4.39 Å². The quantitative estimate of drug-likeness (QED) is 0.882. The number of carbonyl (C=O) groups is 1. The van der Waals surface area contributed by atoms with E-state index in [1.165, 1.54) is 6.07 Å². The predicted octanol–water partition coefficient (Wildman–Crippen LogP) is 2.38. The van der Waals surface area contributed by atoms with Crippen molar-refractivity contribution in [2.45, 2.75) is 19.0 Å². The topological polar surface area (TPSA) is 55.1 Å². The van der Waals surface area contributed by atoms with Crippen LogP contribution in [0.15, 0.2) is 41.8 Å². The van der Waals surface area contributed by atoms with Crippen LogP contribution in [-0.4, -0.2) is 5.91 Å². The fraction of sp³-hybridized carbons (Fsp3) is 0.214. The monoisotopic (exact) mass is 278 g/mol. The zero-order chi connectivity index (χ0) is 13.9. The molecule has 100 valence electrons. The average molecular weight is 278 g/mol. The maximum atomic E-state index is 13.9. The third kappa shape index (κ3) is 2.83. The predicted molar refractivity (Wildman–Crippen MR) is 74.1 cm³/mol. The van der Waals surface area contributed by atoms with Crippen molar-refractivity contribution in [1.29, 1.82) is 0 Å². The van der Waals surface area contributed by atoms with Gasteiger partial charge in [-0.1, -0.05) is 24.3 Å². The molecule has 3 nitrogen and oxygen atoms in total. The summed E-state index contributed by atoms with van der Waals surface area (Å²) < 4.78 is 13.9. The lowest BCUT2D eigenvalue weighted by Crippen LogP contribution is -2.50. The summed E-state index contributed by atoms with van der Waals surface area (Å²) in [6, 6.07) is 10.0. The van der Waals surface area contributed by atoms with Gasteiger partial charge in [0.1, 0.15) is 11.4 Å².